The van der Waals surface area contributed by atoms with E-state index in [4.69, 9.17) is 10.7 Å². The number of rotatable bonds is 4. The summed E-state index contributed by atoms with van der Waals surface area (Å²) in [7, 11) is 0. The molecule has 2 N–H and O–H groups in total. The molecule has 0 aliphatic heterocycles. The molecule has 3 aromatic heterocycles. The van der Waals surface area contributed by atoms with Gasteiger partial charge in [-0.2, -0.15) is 14.7 Å². The van der Waals surface area contributed by atoms with Gasteiger partial charge in [0.2, 0.25) is 0 Å². The van der Waals surface area contributed by atoms with Gasteiger partial charge < -0.3 is 5.73 Å². The zero-order valence-corrected chi connectivity index (χ0v) is 15.7. The maximum atomic E-state index is 12.7. The molecule has 1 aromatic carbocycles. The first-order chi connectivity index (χ1) is 13.0. The van der Waals surface area contributed by atoms with Gasteiger partial charge in [-0.05, 0) is 32.4 Å². The molecule has 7 nitrogen and oxygen atoms in total. The molecule has 138 valence electrons. The number of benzene rings is 1. The molecule has 0 aliphatic rings. The second-order valence-corrected chi connectivity index (χ2v) is 6.70. The van der Waals surface area contributed by atoms with Gasteiger partial charge >= 0.3 is 0 Å². The van der Waals surface area contributed by atoms with Crippen LogP contribution < -0.4 is 16.5 Å². The highest BCUT2D eigenvalue weighted by atomic mass is 16.1. The van der Waals surface area contributed by atoms with Gasteiger partial charge in [0.1, 0.15) is 0 Å². The van der Waals surface area contributed by atoms with E-state index >= 15 is 0 Å². The normalized spacial score (nSPS) is 12.9. The number of hydrogen-bond donors (Lipinski definition) is 1. The van der Waals surface area contributed by atoms with Gasteiger partial charge in [-0.15, -0.1) is 0 Å². The third-order valence-electron chi connectivity index (χ3n) is 4.75. The lowest BCUT2D eigenvalue weighted by atomic mass is 10.1. The second-order valence-electron chi connectivity index (χ2n) is 6.70. The van der Waals surface area contributed by atoms with Crippen LogP contribution >= 0.6 is 0 Å². The minimum atomic E-state index is -0.204. The van der Waals surface area contributed by atoms with E-state index in [-0.39, 0.29) is 5.56 Å². The van der Waals surface area contributed by atoms with Crippen molar-refractivity contribution >= 4 is 22.2 Å². The fourth-order valence-electron chi connectivity index (χ4n) is 3.50. The fourth-order valence-corrected chi connectivity index (χ4v) is 3.50. The third kappa shape index (κ3) is 2.75. The summed E-state index contributed by atoms with van der Waals surface area (Å²) in [6, 6.07) is 7.51. The summed E-state index contributed by atoms with van der Waals surface area (Å²) in [5.41, 5.74) is 10.4. The first-order valence-electron chi connectivity index (χ1n) is 9.18. The van der Waals surface area contributed by atoms with Crippen LogP contribution in [0.2, 0.25) is 0 Å². The van der Waals surface area contributed by atoms with E-state index in [0.29, 0.717) is 17.0 Å². The lowest BCUT2D eigenvalue weighted by Gasteiger charge is -2.03. The van der Waals surface area contributed by atoms with Gasteiger partial charge in [-0.1, -0.05) is 19.4 Å². The Bertz CT molecular complexity index is 1260. The SMILES string of the molecule is CCCc1nn2c(=O)cc(-c3ccc4c(cnn4CC)c3)nc2c1=C(C)N. The topological polar surface area (TPSA) is 91.1 Å². The summed E-state index contributed by atoms with van der Waals surface area (Å²) in [5, 5.41) is 10.6. The molecule has 0 bridgehead atoms. The van der Waals surface area contributed by atoms with Crippen LogP contribution in [0.25, 0.3) is 33.5 Å². The lowest BCUT2D eigenvalue weighted by molar-refractivity contribution is 0.684. The van der Waals surface area contributed by atoms with Crippen LogP contribution in [0.5, 0.6) is 0 Å². The van der Waals surface area contributed by atoms with Crippen molar-refractivity contribution in [3.8, 4) is 11.3 Å². The lowest BCUT2D eigenvalue weighted by Crippen LogP contribution is -2.19. The molecule has 0 amide bonds. The minimum Gasteiger partial charge on any atom is -0.402 e. The largest absolute Gasteiger partial charge is 0.402 e. The highest BCUT2D eigenvalue weighted by Gasteiger charge is 2.14. The number of nitrogens with two attached hydrogens (primary N) is 1. The van der Waals surface area contributed by atoms with Crippen LogP contribution in [0.1, 0.15) is 32.9 Å². The molecule has 0 aliphatic carbocycles. The van der Waals surface area contributed by atoms with Gasteiger partial charge in [0.05, 0.1) is 28.3 Å². The number of nitrogens with zero attached hydrogens (tertiary/aromatic N) is 5. The molecule has 0 saturated carbocycles. The smallest absolute Gasteiger partial charge is 0.275 e. The minimum absolute atomic E-state index is 0.204. The summed E-state index contributed by atoms with van der Waals surface area (Å²) >= 11 is 0. The van der Waals surface area contributed by atoms with Crippen LogP contribution in [0.15, 0.2) is 35.3 Å². The van der Waals surface area contributed by atoms with E-state index in [2.05, 4.69) is 24.0 Å². The first kappa shape index (κ1) is 17.2. The monoisotopic (exact) mass is 362 g/mol. The van der Waals surface area contributed by atoms with Crippen LogP contribution in [0.4, 0.5) is 0 Å². The van der Waals surface area contributed by atoms with Crippen molar-refractivity contribution in [2.75, 3.05) is 0 Å². The Kier molecular flexibility index (Phi) is 4.14. The van der Waals surface area contributed by atoms with E-state index in [1.165, 1.54) is 10.6 Å². The van der Waals surface area contributed by atoms with Crippen LogP contribution in [-0.2, 0) is 13.0 Å². The molecule has 0 radical (unpaired) electrons. The molecule has 4 rings (SSSR count). The van der Waals surface area contributed by atoms with Gasteiger partial charge in [-0.3, -0.25) is 9.48 Å². The molecule has 4 aromatic rings. The maximum Gasteiger partial charge on any atom is 0.275 e. The molecule has 3 heterocycles. The molecule has 7 heteroatoms. The summed E-state index contributed by atoms with van der Waals surface area (Å²) in [5.74, 6) is 0. The summed E-state index contributed by atoms with van der Waals surface area (Å²) in [6.45, 7) is 6.76. The van der Waals surface area contributed by atoms with E-state index in [1.807, 2.05) is 36.0 Å². The highest BCUT2D eigenvalue weighted by Crippen LogP contribution is 2.22. The Morgan fingerprint density at radius 3 is 2.74 bits per heavy atom. The molecule has 0 unspecified atom stereocenters. The Morgan fingerprint density at radius 1 is 1.22 bits per heavy atom. The van der Waals surface area contributed by atoms with Crippen molar-refractivity contribution in [3.63, 3.8) is 0 Å². The average Bonchev–Trinajstić information content (AvgIpc) is 3.22. The van der Waals surface area contributed by atoms with Crippen molar-refractivity contribution in [1.29, 1.82) is 0 Å². The number of hydrogen-bond acceptors (Lipinski definition) is 5. The molecule has 27 heavy (non-hydrogen) atoms. The molecule has 0 fully saturated rings. The fraction of sp³-hybridized carbons (Fsp3) is 0.300. The van der Waals surface area contributed by atoms with Gasteiger partial charge in [-0.25, -0.2) is 4.98 Å². The summed E-state index contributed by atoms with van der Waals surface area (Å²) in [6.07, 6.45) is 3.51. The third-order valence-corrected chi connectivity index (χ3v) is 4.75. The number of aryl methyl sites for hydroxylation is 2. The molecule has 0 atom stereocenters. The van der Waals surface area contributed by atoms with Crippen LogP contribution in [0.3, 0.4) is 0 Å². The van der Waals surface area contributed by atoms with Crippen molar-refractivity contribution in [3.05, 3.63) is 51.7 Å². The van der Waals surface area contributed by atoms with Crippen molar-refractivity contribution < 1.29 is 0 Å². The van der Waals surface area contributed by atoms with Crippen LogP contribution in [0, 0.1) is 0 Å². The Morgan fingerprint density at radius 2 is 2.04 bits per heavy atom. The van der Waals surface area contributed by atoms with Gasteiger partial charge in [0.25, 0.3) is 5.56 Å². The van der Waals surface area contributed by atoms with Crippen molar-refractivity contribution in [1.82, 2.24) is 24.4 Å². The van der Waals surface area contributed by atoms with Crippen molar-refractivity contribution in [2.24, 2.45) is 5.73 Å². The number of fused-ring (bicyclic) bond motifs is 2. The Balaban J connectivity index is 1.97. The van der Waals surface area contributed by atoms with Crippen LogP contribution in [-0.4, -0.2) is 24.4 Å². The predicted octanol–water partition coefficient (Wildman–Crippen LogP) is 1.88. The average molecular weight is 362 g/mol. The molecular weight excluding hydrogens is 340 g/mol. The zero-order chi connectivity index (χ0) is 19.1. The molecule has 0 spiro atoms. The van der Waals surface area contributed by atoms with E-state index in [1.54, 1.807) is 0 Å². The number of aromatic nitrogens is 5. The maximum absolute atomic E-state index is 12.7. The highest BCUT2D eigenvalue weighted by molar-refractivity contribution is 5.84. The zero-order valence-electron chi connectivity index (χ0n) is 15.7. The standard InChI is InChI=1S/C20H22N6O/c1-4-6-15-19(12(3)21)20-23-16(10-18(27)26(20)24-15)13-7-8-17-14(9-13)11-22-25(17)5-2/h7-11H,4-6,21H2,1-3H3. The summed E-state index contributed by atoms with van der Waals surface area (Å²) < 4.78 is 3.29. The predicted molar refractivity (Wildman–Crippen MR) is 106 cm³/mol. The Labute approximate surface area is 156 Å². The van der Waals surface area contributed by atoms with E-state index < -0.39 is 0 Å². The summed E-state index contributed by atoms with van der Waals surface area (Å²) in [4.78, 5) is 17.4. The quantitative estimate of drug-likeness (QED) is 0.599. The Hall–Kier alpha value is -3.22. The van der Waals surface area contributed by atoms with Gasteiger partial charge in [0.15, 0.2) is 5.65 Å². The van der Waals surface area contributed by atoms with E-state index in [9.17, 15) is 4.79 Å². The first-order valence-corrected chi connectivity index (χ1v) is 9.18. The van der Waals surface area contributed by atoms with E-state index in [0.717, 1.165) is 46.8 Å². The van der Waals surface area contributed by atoms with Crippen molar-refractivity contribution in [2.45, 2.75) is 40.2 Å². The molecular formula is C20H22N6O. The van der Waals surface area contributed by atoms with Gasteiger partial charge in [0, 0.05) is 29.3 Å². The second kappa shape index (κ2) is 6.50. The molecule has 0 saturated heterocycles.